The molecule has 3 heteroatoms. The van der Waals surface area contributed by atoms with Gasteiger partial charge in [0.2, 0.25) is 0 Å². The number of benzene rings is 1. The van der Waals surface area contributed by atoms with Crippen LogP contribution in [0.2, 0.25) is 0 Å². The Hall–Kier alpha value is -1.56. The van der Waals surface area contributed by atoms with Gasteiger partial charge >= 0.3 is 0 Å². The van der Waals surface area contributed by atoms with Gasteiger partial charge in [0.05, 0.1) is 6.07 Å². The first-order valence-corrected chi connectivity index (χ1v) is 4.21. The van der Waals surface area contributed by atoms with Crippen LogP contribution in [0.1, 0.15) is 5.56 Å². The summed E-state index contributed by atoms with van der Waals surface area (Å²) >= 11 is 0. The zero-order valence-corrected chi connectivity index (χ0v) is 7.13. The quantitative estimate of drug-likeness (QED) is 0.609. The van der Waals surface area contributed by atoms with Crippen molar-refractivity contribution in [3.63, 3.8) is 0 Å². The van der Waals surface area contributed by atoms with E-state index in [2.05, 4.69) is 6.07 Å². The highest BCUT2D eigenvalue weighted by molar-refractivity contribution is 5.58. The fraction of sp³-hybridized carbons (Fsp3) is 0.300. The molecule has 0 aromatic heterocycles. The molecule has 0 fully saturated rings. The van der Waals surface area contributed by atoms with Gasteiger partial charge in [-0.2, -0.15) is 5.26 Å². The van der Waals surface area contributed by atoms with Crippen molar-refractivity contribution in [1.29, 1.82) is 5.26 Å². The summed E-state index contributed by atoms with van der Waals surface area (Å²) in [6, 6.07) is 6.83. The summed E-state index contributed by atoms with van der Waals surface area (Å²) < 4.78 is 12.9. The van der Waals surface area contributed by atoms with Gasteiger partial charge < -0.3 is 4.90 Å². The maximum atomic E-state index is 12.9. The Balaban J connectivity index is 2.36. The second kappa shape index (κ2) is 3.06. The largest absolute Gasteiger partial charge is 0.358 e. The van der Waals surface area contributed by atoms with Crippen molar-refractivity contribution < 1.29 is 4.39 Å². The van der Waals surface area contributed by atoms with Crippen LogP contribution in [-0.4, -0.2) is 13.1 Å². The van der Waals surface area contributed by atoms with Crippen LogP contribution in [-0.2, 0) is 6.42 Å². The summed E-state index contributed by atoms with van der Waals surface area (Å²) in [5.74, 6) is -0.233. The second-order valence-corrected chi connectivity index (χ2v) is 3.10. The standard InChI is InChI=1S/C10H9FN2/c11-9-2-1-8-3-5-13(6-4-12)10(8)7-9/h1-2,7H,3,5-6H2. The molecular weight excluding hydrogens is 167 g/mol. The van der Waals surface area contributed by atoms with Gasteiger partial charge in [0.1, 0.15) is 12.4 Å². The minimum absolute atomic E-state index is 0.233. The molecule has 0 unspecified atom stereocenters. The lowest BCUT2D eigenvalue weighted by atomic mass is 10.2. The van der Waals surface area contributed by atoms with Crippen molar-refractivity contribution in [2.24, 2.45) is 0 Å². The first-order valence-electron chi connectivity index (χ1n) is 4.21. The number of fused-ring (bicyclic) bond motifs is 1. The number of halogens is 1. The lowest BCUT2D eigenvalue weighted by Gasteiger charge is -2.14. The Kier molecular flexibility index (Phi) is 1.90. The highest BCUT2D eigenvalue weighted by Gasteiger charge is 2.18. The van der Waals surface area contributed by atoms with Gasteiger partial charge in [0.25, 0.3) is 0 Å². The van der Waals surface area contributed by atoms with Crippen LogP contribution in [0, 0.1) is 17.1 Å². The van der Waals surface area contributed by atoms with Gasteiger partial charge in [-0.25, -0.2) is 4.39 Å². The summed E-state index contributed by atoms with van der Waals surface area (Å²) in [5.41, 5.74) is 2.01. The minimum atomic E-state index is -0.233. The Labute approximate surface area is 76.2 Å². The van der Waals surface area contributed by atoms with Gasteiger partial charge in [0, 0.05) is 12.2 Å². The van der Waals surface area contributed by atoms with E-state index in [0.717, 1.165) is 24.2 Å². The first kappa shape index (κ1) is 8.06. The summed E-state index contributed by atoms with van der Waals surface area (Å²) in [7, 11) is 0. The molecule has 0 bridgehead atoms. The van der Waals surface area contributed by atoms with Gasteiger partial charge in [0.15, 0.2) is 0 Å². The lowest BCUT2D eigenvalue weighted by Crippen LogP contribution is -2.20. The van der Waals surface area contributed by atoms with E-state index < -0.39 is 0 Å². The van der Waals surface area contributed by atoms with Crippen molar-refractivity contribution >= 4 is 5.69 Å². The molecule has 0 amide bonds. The van der Waals surface area contributed by atoms with Gasteiger partial charge in [-0.1, -0.05) is 6.07 Å². The molecule has 2 rings (SSSR count). The molecule has 66 valence electrons. The summed E-state index contributed by atoms with van der Waals surface area (Å²) in [6.45, 7) is 1.17. The van der Waals surface area contributed by atoms with Crippen molar-refractivity contribution in [2.75, 3.05) is 18.0 Å². The Morgan fingerprint density at radius 1 is 1.54 bits per heavy atom. The monoisotopic (exact) mass is 176 g/mol. The molecule has 0 radical (unpaired) electrons. The minimum Gasteiger partial charge on any atom is -0.358 e. The first-order chi connectivity index (χ1) is 6.31. The lowest BCUT2D eigenvalue weighted by molar-refractivity contribution is 0.627. The Bertz CT molecular complexity index is 368. The van der Waals surface area contributed by atoms with E-state index >= 15 is 0 Å². The molecule has 1 heterocycles. The molecule has 13 heavy (non-hydrogen) atoms. The molecule has 1 aromatic carbocycles. The van der Waals surface area contributed by atoms with Crippen molar-refractivity contribution in [3.05, 3.63) is 29.6 Å². The maximum Gasteiger partial charge on any atom is 0.125 e. The molecule has 0 spiro atoms. The van der Waals surface area contributed by atoms with Crippen molar-refractivity contribution in [3.8, 4) is 6.07 Å². The molecule has 0 saturated carbocycles. The molecule has 0 aliphatic carbocycles. The third-order valence-corrected chi connectivity index (χ3v) is 2.30. The average molecular weight is 176 g/mol. The van der Waals surface area contributed by atoms with E-state index in [-0.39, 0.29) is 5.82 Å². The highest BCUT2D eigenvalue weighted by atomic mass is 19.1. The van der Waals surface area contributed by atoms with E-state index in [1.807, 2.05) is 4.90 Å². The van der Waals surface area contributed by atoms with Crippen LogP contribution >= 0.6 is 0 Å². The number of anilines is 1. The Morgan fingerprint density at radius 3 is 3.15 bits per heavy atom. The highest BCUT2D eigenvalue weighted by Crippen LogP contribution is 2.27. The Morgan fingerprint density at radius 2 is 2.38 bits per heavy atom. The normalized spacial score (nSPS) is 14.0. The molecular formula is C10H9FN2. The fourth-order valence-corrected chi connectivity index (χ4v) is 1.67. The van der Waals surface area contributed by atoms with Crippen molar-refractivity contribution in [2.45, 2.75) is 6.42 Å². The zero-order valence-electron chi connectivity index (χ0n) is 7.13. The number of hydrogen-bond donors (Lipinski definition) is 0. The smallest absolute Gasteiger partial charge is 0.125 e. The van der Waals surface area contributed by atoms with E-state index in [4.69, 9.17) is 5.26 Å². The maximum absolute atomic E-state index is 12.9. The zero-order chi connectivity index (χ0) is 9.26. The SMILES string of the molecule is N#CCN1CCc2ccc(F)cc21. The number of nitrogens with zero attached hydrogens (tertiary/aromatic N) is 2. The molecule has 0 N–H and O–H groups in total. The third kappa shape index (κ3) is 1.35. The molecule has 1 aliphatic rings. The predicted molar refractivity (Wildman–Crippen MR) is 47.9 cm³/mol. The number of rotatable bonds is 1. The van der Waals surface area contributed by atoms with Crippen LogP contribution < -0.4 is 4.90 Å². The number of hydrogen-bond acceptors (Lipinski definition) is 2. The van der Waals surface area contributed by atoms with Crippen LogP contribution in [0.25, 0.3) is 0 Å². The van der Waals surface area contributed by atoms with Crippen molar-refractivity contribution in [1.82, 2.24) is 0 Å². The molecule has 0 atom stereocenters. The molecule has 1 aromatic rings. The molecule has 2 nitrogen and oxygen atoms in total. The fourth-order valence-electron chi connectivity index (χ4n) is 1.67. The summed E-state index contributed by atoms with van der Waals surface area (Å²) in [6.07, 6.45) is 0.914. The van der Waals surface area contributed by atoms with Gasteiger partial charge in [-0.05, 0) is 24.1 Å². The van der Waals surface area contributed by atoms with Crippen LogP contribution in [0.5, 0.6) is 0 Å². The van der Waals surface area contributed by atoms with Crippen LogP contribution in [0.4, 0.5) is 10.1 Å². The van der Waals surface area contributed by atoms with E-state index in [1.165, 1.54) is 12.1 Å². The molecule has 0 saturated heterocycles. The topological polar surface area (TPSA) is 27.0 Å². The summed E-state index contributed by atoms with van der Waals surface area (Å²) in [5, 5.41) is 8.54. The van der Waals surface area contributed by atoms with E-state index in [9.17, 15) is 4.39 Å². The van der Waals surface area contributed by atoms with Crippen LogP contribution in [0.3, 0.4) is 0 Å². The van der Waals surface area contributed by atoms with Gasteiger partial charge in [-0.15, -0.1) is 0 Å². The summed E-state index contributed by atoms with van der Waals surface area (Å²) in [4.78, 5) is 1.90. The van der Waals surface area contributed by atoms with E-state index in [0.29, 0.717) is 6.54 Å². The number of nitriles is 1. The average Bonchev–Trinajstić information content (AvgIpc) is 2.49. The molecule has 1 aliphatic heterocycles. The van der Waals surface area contributed by atoms with Crippen LogP contribution in [0.15, 0.2) is 18.2 Å². The third-order valence-electron chi connectivity index (χ3n) is 2.30. The predicted octanol–water partition coefficient (Wildman–Crippen LogP) is 1.71. The van der Waals surface area contributed by atoms with Gasteiger partial charge in [-0.3, -0.25) is 0 Å². The van der Waals surface area contributed by atoms with E-state index in [1.54, 1.807) is 6.07 Å². The second-order valence-electron chi connectivity index (χ2n) is 3.10.